The second kappa shape index (κ2) is 9.16. The first kappa shape index (κ1) is 24.7. The first-order valence-corrected chi connectivity index (χ1v) is 9.96. The molecular weight excluding hydrogens is 460 g/mol. The molecular formula is C23H20F4N2O5. The van der Waals surface area contributed by atoms with Crippen molar-refractivity contribution in [3.05, 3.63) is 64.6 Å². The molecule has 0 aliphatic heterocycles. The van der Waals surface area contributed by atoms with Crippen molar-refractivity contribution in [1.29, 1.82) is 0 Å². The zero-order valence-electron chi connectivity index (χ0n) is 18.3. The minimum atomic E-state index is -4.58. The number of amides is 1. The van der Waals surface area contributed by atoms with E-state index < -0.39 is 41.4 Å². The van der Waals surface area contributed by atoms with Crippen LogP contribution in [0, 0.1) is 12.7 Å². The summed E-state index contributed by atoms with van der Waals surface area (Å²) in [6, 6.07) is 4.72. The van der Waals surface area contributed by atoms with Crippen molar-refractivity contribution in [3.8, 4) is 5.75 Å². The minimum Gasteiger partial charge on any atom is -0.494 e. The normalized spacial score (nSPS) is 12.4. The second-order valence-electron chi connectivity index (χ2n) is 7.59. The van der Waals surface area contributed by atoms with E-state index in [4.69, 9.17) is 9.84 Å². The summed E-state index contributed by atoms with van der Waals surface area (Å²) in [5.74, 6) is -3.56. The molecule has 1 heterocycles. The van der Waals surface area contributed by atoms with Crippen LogP contribution in [-0.4, -0.2) is 40.6 Å². The number of nitrogens with zero attached hydrogens (tertiary/aromatic N) is 1. The van der Waals surface area contributed by atoms with Crippen LogP contribution >= 0.6 is 0 Å². The lowest BCUT2D eigenvalue weighted by molar-refractivity contribution is -0.141. The van der Waals surface area contributed by atoms with Crippen LogP contribution in [0.15, 0.2) is 36.4 Å². The molecule has 0 aliphatic rings. The molecule has 0 bridgehead atoms. The van der Waals surface area contributed by atoms with Crippen LogP contribution in [0.25, 0.3) is 10.9 Å². The quantitative estimate of drug-likeness (QED) is 0.521. The number of rotatable bonds is 6. The fourth-order valence-electron chi connectivity index (χ4n) is 3.57. The van der Waals surface area contributed by atoms with Crippen LogP contribution < -0.4 is 10.1 Å². The van der Waals surface area contributed by atoms with Crippen LogP contribution in [0.2, 0.25) is 0 Å². The number of aromatic nitrogens is 1. The Balaban J connectivity index is 2.12. The van der Waals surface area contributed by atoms with Gasteiger partial charge in [-0.15, -0.1) is 0 Å². The van der Waals surface area contributed by atoms with Gasteiger partial charge in [0.15, 0.2) is 11.6 Å². The highest BCUT2D eigenvalue weighted by Crippen LogP contribution is 2.33. The topological polar surface area (TPSA) is 97.6 Å². The van der Waals surface area contributed by atoms with Crippen molar-refractivity contribution in [2.75, 3.05) is 7.11 Å². The van der Waals surface area contributed by atoms with Gasteiger partial charge in [-0.25, -0.2) is 4.39 Å². The lowest BCUT2D eigenvalue weighted by Crippen LogP contribution is -2.39. The smallest absolute Gasteiger partial charge is 0.416 e. The van der Waals surface area contributed by atoms with Crippen molar-refractivity contribution in [2.45, 2.75) is 32.5 Å². The number of fused-ring (bicyclic) bond motifs is 1. The van der Waals surface area contributed by atoms with Crippen LogP contribution in [-0.2, 0) is 22.2 Å². The number of hydrogen-bond donors (Lipinski definition) is 2. The largest absolute Gasteiger partial charge is 0.494 e. The van der Waals surface area contributed by atoms with Crippen molar-refractivity contribution in [2.24, 2.45) is 0 Å². The summed E-state index contributed by atoms with van der Waals surface area (Å²) >= 11 is 0. The molecule has 0 spiro atoms. The Bertz CT molecular complexity index is 1280. The molecule has 2 aromatic carbocycles. The van der Waals surface area contributed by atoms with Gasteiger partial charge in [-0.05, 0) is 49.7 Å². The maximum absolute atomic E-state index is 14.5. The number of halogens is 4. The van der Waals surface area contributed by atoms with E-state index in [9.17, 15) is 31.9 Å². The number of carbonyl (C=O) groups excluding carboxylic acids is 2. The summed E-state index contributed by atoms with van der Waals surface area (Å²) in [6.45, 7) is 2.78. The summed E-state index contributed by atoms with van der Waals surface area (Å²) < 4.78 is 59.2. The predicted octanol–water partition coefficient (Wildman–Crippen LogP) is 3.94. The maximum atomic E-state index is 14.5. The minimum absolute atomic E-state index is 0.0785. The molecule has 3 aromatic rings. The first-order chi connectivity index (χ1) is 15.8. The molecule has 2 N–H and O–H groups in total. The molecule has 34 heavy (non-hydrogen) atoms. The maximum Gasteiger partial charge on any atom is 0.416 e. The van der Waals surface area contributed by atoms with Gasteiger partial charge < -0.3 is 15.2 Å². The van der Waals surface area contributed by atoms with Gasteiger partial charge in [0.25, 0.3) is 5.91 Å². The molecule has 1 aromatic heterocycles. The predicted molar refractivity (Wildman–Crippen MR) is 113 cm³/mol. The third-order valence-corrected chi connectivity index (χ3v) is 5.36. The monoisotopic (exact) mass is 480 g/mol. The summed E-state index contributed by atoms with van der Waals surface area (Å²) in [5.41, 5.74) is -0.386. The molecule has 0 saturated heterocycles. The van der Waals surface area contributed by atoms with E-state index >= 15 is 0 Å². The van der Waals surface area contributed by atoms with Crippen molar-refractivity contribution >= 4 is 28.7 Å². The van der Waals surface area contributed by atoms with Crippen molar-refractivity contribution in [3.63, 3.8) is 0 Å². The van der Waals surface area contributed by atoms with E-state index in [1.807, 2.05) is 0 Å². The van der Waals surface area contributed by atoms with Gasteiger partial charge >= 0.3 is 12.1 Å². The van der Waals surface area contributed by atoms with Crippen LogP contribution in [0.4, 0.5) is 17.6 Å². The van der Waals surface area contributed by atoms with E-state index in [0.29, 0.717) is 10.9 Å². The molecule has 0 aliphatic carbocycles. The molecule has 1 atom stereocenters. The van der Waals surface area contributed by atoms with Gasteiger partial charge in [-0.1, -0.05) is 0 Å². The number of ether oxygens (including phenoxy) is 1. The number of aliphatic carboxylic acids is 1. The van der Waals surface area contributed by atoms with Crippen molar-refractivity contribution in [1.82, 2.24) is 9.88 Å². The number of carbonyl (C=O) groups is 3. The number of hydrogen-bond acceptors (Lipinski definition) is 4. The van der Waals surface area contributed by atoms with Gasteiger partial charge in [0.2, 0.25) is 5.91 Å². The Hall–Kier alpha value is -3.89. The van der Waals surface area contributed by atoms with Crippen LogP contribution in [0.5, 0.6) is 5.75 Å². The second-order valence-corrected chi connectivity index (χ2v) is 7.59. The molecule has 0 radical (unpaired) electrons. The standard InChI is InChI=1S/C23H20F4N2O5/c1-11(22(32)33)28-20(30)9-15-12(2)29(18-10-17(24)19(34-3)8-16(15)18)21(31)13-4-6-14(7-5-13)23(25,26)27/h4-8,10-11H,9H2,1-3H3,(H,28,30)(H,32,33). The fraction of sp³-hybridized carbons (Fsp3) is 0.261. The zero-order chi connectivity index (χ0) is 25.4. The highest BCUT2D eigenvalue weighted by molar-refractivity contribution is 6.05. The average Bonchev–Trinajstić information content (AvgIpc) is 3.02. The number of carboxylic acids is 1. The molecule has 0 saturated carbocycles. The highest BCUT2D eigenvalue weighted by Gasteiger charge is 2.31. The average molecular weight is 480 g/mol. The first-order valence-electron chi connectivity index (χ1n) is 9.96. The summed E-state index contributed by atoms with van der Waals surface area (Å²) in [7, 11) is 1.24. The lowest BCUT2D eigenvalue weighted by Gasteiger charge is -2.11. The van der Waals surface area contributed by atoms with Crippen LogP contribution in [0.1, 0.15) is 34.1 Å². The zero-order valence-corrected chi connectivity index (χ0v) is 18.3. The molecule has 11 heteroatoms. The third kappa shape index (κ3) is 4.73. The Labute approximate surface area is 190 Å². The Morgan fingerprint density at radius 2 is 1.76 bits per heavy atom. The number of methoxy groups -OCH3 is 1. The van der Waals surface area contributed by atoms with Gasteiger partial charge in [0.05, 0.1) is 24.6 Å². The molecule has 0 fully saturated rings. The Kier molecular flexibility index (Phi) is 6.67. The number of benzene rings is 2. The molecule has 180 valence electrons. The Morgan fingerprint density at radius 3 is 2.29 bits per heavy atom. The molecule has 1 amide bonds. The van der Waals surface area contributed by atoms with Crippen LogP contribution in [0.3, 0.4) is 0 Å². The molecule has 1 unspecified atom stereocenters. The van der Waals surface area contributed by atoms with Crippen molar-refractivity contribution < 1.29 is 41.8 Å². The van der Waals surface area contributed by atoms with E-state index in [1.54, 1.807) is 0 Å². The number of alkyl halides is 3. The number of carboxylic acid groups (broad SMARTS) is 1. The van der Waals surface area contributed by atoms with E-state index in [-0.39, 0.29) is 28.9 Å². The van der Waals surface area contributed by atoms with Gasteiger partial charge in [0, 0.05) is 22.7 Å². The SMILES string of the molecule is COc1cc2c(CC(=O)NC(C)C(=O)O)c(C)n(C(=O)c3ccc(C(F)(F)F)cc3)c2cc1F. The summed E-state index contributed by atoms with van der Waals surface area (Å²) in [5, 5.41) is 11.6. The molecule has 7 nitrogen and oxygen atoms in total. The Morgan fingerprint density at radius 1 is 1.15 bits per heavy atom. The van der Waals surface area contributed by atoms with Gasteiger partial charge in [-0.2, -0.15) is 13.2 Å². The molecule has 3 rings (SSSR count). The summed E-state index contributed by atoms with van der Waals surface area (Å²) in [6.07, 6.45) is -4.91. The van der Waals surface area contributed by atoms with E-state index in [0.717, 1.165) is 34.9 Å². The van der Waals surface area contributed by atoms with Gasteiger partial charge in [0.1, 0.15) is 6.04 Å². The fourth-order valence-corrected chi connectivity index (χ4v) is 3.57. The highest BCUT2D eigenvalue weighted by atomic mass is 19.4. The van der Waals surface area contributed by atoms with E-state index in [2.05, 4.69) is 5.32 Å². The van der Waals surface area contributed by atoms with E-state index in [1.165, 1.54) is 27.0 Å². The third-order valence-electron chi connectivity index (χ3n) is 5.36. The number of nitrogens with one attached hydrogen (secondary N) is 1. The lowest BCUT2D eigenvalue weighted by atomic mass is 10.1. The summed E-state index contributed by atoms with van der Waals surface area (Å²) in [4.78, 5) is 36.7. The van der Waals surface area contributed by atoms with Gasteiger partial charge in [-0.3, -0.25) is 19.0 Å².